The van der Waals surface area contributed by atoms with Crippen LogP contribution in [0.4, 0.5) is 0 Å². The van der Waals surface area contributed by atoms with Gasteiger partial charge in [0, 0.05) is 6.20 Å². The van der Waals surface area contributed by atoms with Crippen LogP contribution in [0, 0.1) is 5.41 Å². The molecular weight excluding hydrogens is 140 g/mol. The summed E-state index contributed by atoms with van der Waals surface area (Å²) in [5, 5.41) is 10.1. The van der Waals surface area contributed by atoms with Crippen molar-refractivity contribution in [1.82, 2.24) is 15.4 Å². The summed E-state index contributed by atoms with van der Waals surface area (Å²) in [6, 6.07) is -0.0544. The molecule has 4 heteroatoms. The van der Waals surface area contributed by atoms with Crippen LogP contribution in [0.1, 0.15) is 32.5 Å². The zero-order valence-corrected chi connectivity index (χ0v) is 7.13. The van der Waals surface area contributed by atoms with Gasteiger partial charge in [-0.2, -0.15) is 0 Å². The second-order valence-electron chi connectivity index (χ2n) is 3.74. The number of aromatic amines is 1. The molecule has 0 aliphatic carbocycles. The molecule has 0 radical (unpaired) electrons. The first kappa shape index (κ1) is 8.20. The molecule has 0 aliphatic rings. The minimum absolute atomic E-state index is 0.0386. The van der Waals surface area contributed by atoms with E-state index in [1.54, 1.807) is 6.20 Å². The topological polar surface area (TPSA) is 67.6 Å². The Kier molecular flexibility index (Phi) is 1.95. The lowest BCUT2D eigenvalue weighted by molar-refractivity contribution is 0.321. The quantitative estimate of drug-likeness (QED) is 0.630. The second-order valence-corrected chi connectivity index (χ2v) is 3.74. The Balaban J connectivity index is 2.78. The van der Waals surface area contributed by atoms with Gasteiger partial charge >= 0.3 is 0 Å². The molecule has 1 unspecified atom stereocenters. The smallest absolute Gasteiger partial charge is 0.0996 e. The first-order chi connectivity index (χ1) is 5.02. The monoisotopic (exact) mass is 154 g/mol. The van der Waals surface area contributed by atoms with Gasteiger partial charge in [0.15, 0.2) is 0 Å². The maximum atomic E-state index is 5.89. The molecule has 0 saturated heterocycles. The number of nitrogens with one attached hydrogen (secondary N) is 1. The van der Waals surface area contributed by atoms with Crippen LogP contribution in [0.2, 0.25) is 0 Å². The summed E-state index contributed by atoms with van der Waals surface area (Å²) in [7, 11) is 0. The highest BCUT2D eigenvalue weighted by atomic mass is 15.3. The van der Waals surface area contributed by atoms with E-state index in [2.05, 4.69) is 36.2 Å². The van der Waals surface area contributed by atoms with Crippen molar-refractivity contribution >= 4 is 0 Å². The minimum atomic E-state index is -0.0544. The molecule has 62 valence electrons. The second kappa shape index (κ2) is 2.62. The summed E-state index contributed by atoms with van der Waals surface area (Å²) in [6.07, 6.45) is 1.73. The van der Waals surface area contributed by atoms with Gasteiger partial charge in [-0.1, -0.05) is 26.0 Å². The van der Waals surface area contributed by atoms with Gasteiger partial charge in [0.1, 0.15) is 0 Å². The Labute approximate surface area is 66.2 Å². The SMILES string of the molecule is CC(C)(C)C(N)c1c[nH]nn1. The van der Waals surface area contributed by atoms with Gasteiger partial charge in [-0.3, -0.25) is 5.10 Å². The Morgan fingerprint density at radius 2 is 2.18 bits per heavy atom. The molecule has 0 aliphatic heterocycles. The summed E-state index contributed by atoms with van der Waals surface area (Å²) >= 11 is 0. The van der Waals surface area contributed by atoms with Gasteiger partial charge in [-0.05, 0) is 5.41 Å². The number of rotatable bonds is 1. The molecule has 0 spiro atoms. The molecule has 4 nitrogen and oxygen atoms in total. The summed E-state index contributed by atoms with van der Waals surface area (Å²) in [4.78, 5) is 0. The van der Waals surface area contributed by atoms with Gasteiger partial charge in [0.25, 0.3) is 0 Å². The maximum absolute atomic E-state index is 5.89. The molecule has 1 rings (SSSR count). The lowest BCUT2D eigenvalue weighted by Crippen LogP contribution is -2.26. The van der Waals surface area contributed by atoms with Gasteiger partial charge in [-0.25, -0.2) is 0 Å². The summed E-state index contributed by atoms with van der Waals surface area (Å²) in [6.45, 7) is 6.23. The van der Waals surface area contributed by atoms with E-state index in [1.165, 1.54) is 0 Å². The molecule has 1 aromatic rings. The summed E-state index contributed by atoms with van der Waals surface area (Å²) in [5.74, 6) is 0. The van der Waals surface area contributed by atoms with E-state index in [1.807, 2.05) is 0 Å². The van der Waals surface area contributed by atoms with Gasteiger partial charge < -0.3 is 5.73 Å². The first-order valence-electron chi connectivity index (χ1n) is 3.64. The van der Waals surface area contributed by atoms with Crippen molar-refractivity contribution in [2.24, 2.45) is 11.1 Å². The number of hydrogen-bond acceptors (Lipinski definition) is 3. The average Bonchev–Trinajstić information content (AvgIpc) is 2.34. The molecule has 0 bridgehead atoms. The van der Waals surface area contributed by atoms with Crippen LogP contribution < -0.4 is 5.73 Å². The Hall–Kier alpha value is -0.900. The molecule has 1 atom stereocenters. The molecular formula is C7H14N4. The first-order valence-corrected chi connectivity index (χ1v) is 3.64. The van der Waals surface area contributed by atoms with Crippen molar-refractivity contribution < 1.29 is 0 Å². The molecule has 0 fully saturated rings. The molecule has 0 aromatic carbocycles. The predicted molar refractivity (Wildman–Crippen MR) is 42.8 cm³/mol. The van der Waals surface area contributed by atoms with E-state index < -0.39 is 0 Å². The summed E-state index contributed by atoms with van der Waals surface area (Å²) in [5.41, 5.74) is 6.75. The zero-order valence-electron chi connectivity index (χ0n) is 7.13. The highest BCUT2D eigenvalue weighted by Gasteiger charge is 2.23. The lowest BCUT2D eigenvalue weighted by Gasteiger charge is -2.24. The molecule has 1 heterocycles. The highest BCUT2D eigenvalue weighted by Crippen LogP contribution is 2.28. The number of aromatic nitrogens is 3. The van der Waals surface area contributed by atoms with Crippen molar-refractivity contribution in [2.45, 2.75) is 26.8 Å². The summed E-state index contributed by atoms with van der Waals surface area (Å²) < 4.78 is 0. The van der Waals surface area contributed by atoms with Crippen LogP contribution in [-0.2, 0) is 0 Å². The third kappa shape index (κ3) is 1.77. The van der Waals surface area contributed by atoms with Crippen LogP contribution in [0.5, 0.6) is 0 Å². The van der Waals surface area contributed by atoms with Crippen LogP contribution in [0.25, 0.3) is 0 Å². The van der Waals surface area contributed by atoms with Crippen molar-refractivity contribution in [3.63, 3.8) is 0 Å². The number of nitrogens with zero attached hydrogens (tertiary/aromatic N) is 2. The van der Waals surface area contributed by atoms with Crippen molar-refractivity contribution in [1.29, 1.82) is 0 Å². The van der Waals surface area contributed by atoms with E-state index in [0.29, 0.717) is 0 Å². The number of H-pyrrole nitrogens is 1. The third-order valence-corrected chi connectivity index (χ3v) is 1.69. The standard InChI is InChI=1S/C7H14N4/c1-7(2,3)6(8)5-4-9-11-10-5/h4,6H,8H2,1-3H3,(H,9,10,11). The van der Waals surface area contributed by atoms with Gasteiger partial charge in [0.05, 0.1) is 11.7 Å². The van der Waals surface area contributed by atoms with E-state index >= 15 is 0 Å². The lowest BCUT2D eigenvalue weighted by atomic mass is 9.86. The normalized spacial score (nSPS) is 14.9. The van der Waals surface area contributed by atoms with E-state index in [4.69, 9.17) is 5.73 Å². The number of nitrogens with two attached hydrogens (primary N) is 1. The third-order valence-electron chi connectivity index (χ3n) is 1.69. The van der Waals surface area contributed by atoms with Gasteiger partial charge in [0.2, 0.25) is 0 Å². The molecule has 0 amide bonds. The minimum Gasteiger partial charge on any atom is -0.322 e. The van der Waals surface area contributed by atoms with E-state index in [0.717, 1.165) is 5.69 Å². The van der Waals surface area contributed by atoms with Crippen LogP contribution in [0.15, 0.2) is 6.20 Å². The average molecular weight is 154 g/mol. The molecule has 0 saturated carbocycles. The number of hydrogen-bond donors (Lipinski definition) is 2. The Bertz CT molecular complexity index is 209. The predicted octanol–water partition coefficient (Wildman–Crippen LogP) is 0.851. The van der Waals surface area contributed by atoms with Crippen LogP contribution >= 0.6 is 0 Å². The van der Waals surface area contributed by atoms with Gasteiger partial charge in [-0.15, -0.1) is 5.10 Å². The largest absolute Gasteiger partial charge is 0.322 e. The molecule has 1 aromatic heterocycles. The highest BCUT2D eigenvalue weighted by molar-refractivity contribution is 5.02. The Morgan fingerprint density at radius 1 is 1.55 bits per heavy atom. The van der Waals surface area contributed by atoms with E-state index in [9.17, 15) is 0 Å². The maximum Gasteiger partial charge on any atom is 0.0996 e. The van der Waals surface area contributed by atoms with Crippen molar-refractivity contribution in [3.05, 3.63) is 11.9 Å². The fourth-order valence-corrected chi connectivity index (χ4v) is 0.806. The van der Waals surface area contributed by atoms with Crippen molar-refractivity contribution in [2.75, 3.05) is 0 Å². The fraction of sp³-hybridized carbons (Fsp3) is 0.714. The molecule has 11 heavy (non-hydrogen) atoms. The van der Waals surface area contributed by atoms with Crippen LogP contribution in [-0.4, -0.2) is 15.4 Å². The van der Waals surface area contributed by atoms with E-state index in [-0.39, 0.29) is 11.5 Å². The van der Waals surface area contributed by atoms with Crippen molar-refractivity contribution in [3.8, 4) is 0 Å². The molecule has 3 N–H and O–H groups in total. The van der Waals surface area contributed by atoms with Crippen LogP contribution in [0.3, 0.4) is 0 Å². The Morgan fingerprint density at radius 3 is 2.55 bits per heavy atom. The zero-order chi connectivity index (χ0) is 8.48. The fourth-order valence-electron chi connectivity index (χ4n) is 0.806.